The second-order valence-electron chi connectivity index (χ2n) is 12.0. The lowest BCUT2D eigenvalue weighted by molar-refractivity contribution is 0.670. The van der Waals surface area contributed by atoms with Crippen LogP contribution in [-0.4, -0.2) is 24.9 Å². The van der Waals surface area contributed by atoms with E-state index >= 15 is 0 Å². The summed E-state index contributed by atoms with van der Waals surface area (Å²) in [7, 11) is 0. The highest BCUT2D eigenvalue weighted by Crippen LogP contribution is 2.44. The van der Waals surface area contributed by atoms with E-state index in [4.69, 9.17) is 29.3 Å². The summed E-state index contributed by atoms with van der Waals surface area (Å²) in [4.78, 5) is 25.3. The van der Waals surface area contributed by atoms with Crippen LogP contribution in [0.1, 0.15) is 0 Å². The van der Waals surface area contributed by atoms with Gasteiger partial charge in [-0.2, -0.15) is 0 Å². The summed E-state index contributed by atoms with van der Waals surface area (Å²) in [6, 6.07) is 50.9. The lowest BCUT2D eigenvalue weighted by atomic mass is 10.0. The molecule has 4 heterocycles. The molecule has 6 aromatic carbocycles. The minimum absolute atomic E-state index is 0.580. The molecule has 0 unspecified atom stereocenters. The standard InChI is InChI=1S/C43H25N5OS/c1-4-14-26(15-5-1)40-44-36-29-20-10-11-25-34(29)50-39(36)37(45-40)32-23-12-21-30-35-31(22-13-24-33(35)49-38(30)32)43-47-41(27-16-6-2-7-17-27)46-42(48-43)28-18-8-3-9-19-28/h1-25H. The zero-order chi connectivity index (χ0) is 33.0. The first-order chi connectivity index (χ1) is 24.8. The van der Waals surface area contributed by atoms with Crippen molar-refractivity contribution in [1.29, 1.82) is 0 Å². The zero-order valence-electron chi connectivity index (χ0n) is 26.5. The molecule has 0 saturated carbocycles. The highest BCUT2D eigenvalue weighted by molar-refractivity contribution is 7.26. The number of hydrogen-bond acceptors (Lipinski definition) is 7. The molecule has 0 aliphatic carbocycles. The molecule has 0 atom stereocenters. The van der Waals surface area contributed by atoms with Gasteiger partial charge in [-0.3, -0.25) is 0 Å². The molecule has 0 fully saturated rings. The van der Waals surface area contributed by atoms with Crippen molar-refractivity contribution in [2.75, 3.05) is 0 Å². The van der Waals surface area contributed by atoms with Crippen LogP contribution in [0.15, 0.2) is 156 Å². The quantitative estimate of drug-likeness (QED) is 0.183. The number of nitrogens with zero attached hydrogens (tertiary/aromatic N) is 5. The third-order valence-electron chi connectivity index (χ3n) is 8.97. The molecule has 6 nitrogen and oxygen atoms in total. The second-order valence-corrected chi connectivity index (χ2v) is 13.1. The van der Waals surface area contributed by atoms with Gasteiger partial charge in [0.15, 0.2) is 23.3 Å². The fraction of sp³-hybridized carbons (Fsp3) is 0. The zero-order valence-corrected chi connectivity index (χ0v) is 27.3. The number of fused-ring (bicyclic) bond motifs is 6. The van der Waals surface area contributed by atoms with E-state index in [0.717, 1.165) is 71.1 Å². The van der Waals surface area contributed by atoms with E-state index in [1.807, 2.05) is 91.0 Å². The van der Waals surface area contributed by atoms with Gasteiger partial charge in [0.05, 0.1) is 15.9 Å². The third kappa shape index (κ3) is 4.67. The molecule has 0 amide bonds. The number of hydrogen-bond donors (Lipinski definition) is 0. The van der Waals surface area contributed by atoms with Gasteiger partial charge in [-0.15, -0.1) is 11.3 Å². The van der Waals surface area contributed by atoms with E-state index < -0.39 is 0 Å². The van der Waals surface area contributed by atoms with Gasteiger partial charge >= 0.3 is 0 Å². The first-order valence-electron chi connectivity index (χ1n) is 16.3. The highest BCUT2D eigenvalue weighted by Gasteiger charge is 2.23. The lowest BCUT2D eigenvalue weighted by Crippen LogP contribution is -2.00. The first-order valence-corrected chi connectivity index (χ1v) is 17.2. The molecule has 234 valence electrons. The average molecular weight is 660 g/mol. The predicted molar refractivity (Wildman–Crippen MR) is 203 cm³/mol. The fourth-order valence-electron chi connectivity index (χ4n) is 6.64. The Morgan fingerprint density at radius 3 is 1.64 bits per heavy atom. The third-order valence-corrected chi connectivity index (χ3v) is 10.1. The molecule has 0 aliphatic heterocycles. The SMILES string of the molecule is c1ccc(-c2nc(-c3ccccc3)nc(-c3cccc4oc5c(-c6nc(-c7ccccc7)nc7c6sc6ccccc67)cccc5c34)n2)cc1. The summed E-state index contributed by atoms with van der Waals surface area (Å²) >= 11 is 1.71. The molecule has 0 radical (unpaired) electrons. The summed E-state index contributed by atoms with van der Waals surface area (Å²) < 4.78 is 8.96. The number of furan rings is 1. The van der Waals surface area contributed by atoms with Gasteiger partial charge in [0.25, 0.3) is 0 Å². The minimum atomic E-state index is 0.580. The highest BCUT2D eigenvalue weighted by atomic mass is 32.1. The van der Waals surface area contributed by atoms with Crippen LogP contribution >= 0.6 is 11.3 Å². The summed E-state index contributed by atoms with van der Waals surface area (Å²) in [5.41, 5.74) is 7.87. The molecule has 4 aromatic heterocycles. The Balaban J connectivity index is 1.23. The van der Waals surface area contributed by atoms with E-state index in [1.165, 1.54) is 4.70 Å². The van der Waals surface area contributed by atoms with Crippen molar-refractivity contribution in [3.05, 3.63) is 152 Å². The number of aromatic nitrogens is 5. The van der Waals surface area contributed by atoms with Gasteiger partial charge in [-0.25, -0.2) is 24.9 Å². The molecule has 0 bridgehead atoms. The molecule has 50 heavy (non-hydrogen) atoms. The average Bonchev–Trinajstić information content (AvgIpc) is 3.77. The number of rotatable bonds is 5. The van der Waals surface area contributed by atoms with Crippen molar-refractivity contribution < 1.29 is 4.42 Å². The Bertz CT molecular complexity index is 2810. The van der Waals surface area contributed by atoms with Gasteiger partial charge in [0, 0.05) is 48.7 Å². The Kier molecular flexibility index (Phi) is 6.57. The van der Waals surface area contributed by atoms with Crippen LogP contribution in [0.5, 0.6) is 0 Å². The van der Waals surface area contributed by atoms with Gasteiger partial charge in [-0.05, 0) is 18.2 Å². The molecule has 10 rings (SSSR count). The van der Waals surface area contributed by atoms with Gasteiger partial charge < -0.3 is 4.42 Å². The van der Waals surface area contributed by atoms with Crippen LogP contribution in [0, 0.1) is 0 Å². The lowest BCUT2D eigenvalue weighted by Gasteiger charge is -2.09. The second kappa shape index (κ2) is 11.5. The first kappa shape index (κ1) is 28.4. The summed E-state index contributed by atoms with van der Waals surface area (Å²) in [5, 5.41) is 3.02. The number of thiophene rings is 1. The summed E-state index contributed by atoms with van der Waals surface area (Å²) in [5.74, 6) is 2.48. The minimum Gasteiger partial charge on any atom is -0.455 e. The van der Waals surface area contributed by atoms with E-state index in [0.29, 0.717) is 23.3 Å². The van der Waals surface area contributed by atoms with Crippen molar-refractivity contribution in [1.82, 2.24) is 24.9 Å². The Morgan fingerprint density at radius 1 is 0.420 bits per heavy atom. The van der Waals surface area contributed by atoms with Gasteiger partial charge in [-0.1, -0.05) is 133 Å². The van der Waals surface area contributed by atoms with Gasteiger partial charge in [0.1, 0.15) is 11.2 Å². The van der Waals surface area contributed by atoms with E-state index in [1.54, 1.807) is 11.3 Å². The van der Waals surface area contributed by atoms with Crippen LogP contribution in [0.3, 0.4) is 0 Å². The van der Waals surface area contributed by atoms with E-state index in [-0.39, 0.29) is 0 Å². The molecule has 0 spiro atoms. The van der Waals surface area contributed by atoms with Crippen LogP contribution in [0.2, 0.25) is 0 Å². The Morgan fingerprint density at radius 2 is 0.960 bits per heavy atom. The molecule has 7 heteroatoms. The maximum absolute atomic E-state index is 6.77. The van der Waals surface area contributed by atoms with Crippen molar-refractivity contribution >= 4 is 53.6 Å². The molecule has 0 saturated heterocycles. The maximum atomic E-state index is 6.77. The van der Waals surface area contributed by atoms with Crippen LogP contribution < -0.4 is 0 Å². The van der Waals surface area contributed by atoms with Crippen molar-refractivity contribution in [2.24, 2.45) is 0 Å². The van der Waals surface area contributed by atoms with E-state index in [2.05, 4.69) is 60.7 Å². The van der Waals surface area contributed by atoms with Crippen molar-refractivity contribution in [2.45, 2.75) is 0 Å². The number of benzene rings is 6. The van der Waals surface area contributed by atoms with Gasteiger partial charge in [0.2, 0.25) is 0 Å². The number of para-hydroxylation sites is 1. The largest absolute Gasteiger partial charge is 0.455 e. The monoisotopic (exact) mass is 659 g/mol. The van der Waals surface area contributed by atoms with Crippen LogP contribution in [-0.2, 0) is 0 Å². The topological polar surface area (TPSA) is 77.6 Å². The maximum Gasteiger partial charge on any atom is 0.164 e. The normalized spacial score (nSPS) is 11.6. The smallest absolute Gasteiger partial charge is 0.164 e. The fourth-order valence-corrected chi connectivity index (χ4v) is 7.79. The molecular weight excluding hydrogens is 635 g/mol. The molecule has 0 N–H and O–H groups in total. The van der Waals surface area contributed by atoms with Crippen molar-refractivity contribution in [3.8, 4) is 56.8 Å². The summed E-state index contributed by atoms with van der Waals surface area (Å²) in [6.45, 7) is 0. The predicted octanol–water partition coefficient (Wildman–Crippen LogP) is 11.3. The van der Waals surface area contributed by atoms with Crippen molar-refractivity contribution in [3.63, 3.8) is 0 Å². The molecule has 10 aromatic rings. The molecule has 0 aliphatic rings. The summed E-state index contributed by atoms with van der Waals surface area (Å²) in [6.07, 6.45) is 0. The Hall–Kier alpha value is -6.57. The van der Waals surface area contributed by atoms with E-state index in [9.17, 15) is 0 Å². The van der Waals surface area contributed by atoms with Crippen LogP contribution in [0.25, 0.3) is 99.1 Å². The molecular formula is C43H25N5OS. The van der Waals surface area contributed by atoms with Crippen LogP contribution in [0.4, 0.5) is 0 Å². The Labute approximate surface area is 290 Å².